The molecule has 0 radical (unpaired) electrons. The van der Waals surface area contributed by atoms with Crippen LogP contribution >= 0.6 is 0 Å². The number of nitrogens with two attached hydrogens (primary N) is 1. The summed E-state index contributed by atoms with van der Waals surface area (Å²) in [6.45, 7) is 7.71. The van der Waals surface area contributed by atoms with E-state index in [2.05, 4.69) is 24.0 Å². The molecule has 0 aromatic heterocycles. The van der Waals surface area contributed by atoms with Crippen molar-refractivity contribution in [2.75, 3.05) is 20.2 Å². The Morgan fingerprint density at radius 2 is 2.05 bits per heavy atom. The highest BCUT2D eigenvalue weighted by Gasteiger charge is 2.17. The molecule has 1 heterocycles. The predicted octanol–water partition coefficient (Wildman–Crippen LogP) is 2.95. The molecule has 1 unspecified atom stereocenters. The molecule has 1 aromatic rings. The molecule has 1 saturated heterocycles. The Morgan fingerprint density at radius 3 is 2.63 bits per heavy atom. The number of nitrogens with zero attached hydrogens (tertiary/aromatic N) is 1. The third kappa shape index (κ3) is 3.71. The Kier molecular flexibility index (Phi) is 4.83. The lowest BCUT2D eigenvalue weighted by Gasteiger charge is -2.30. The van der Waals surface area contributed by atoms with E-state index < -0.39 is 0 Å². The number of methoxy groups -OCH3 is 1. The minimum absolute atomic E-state index is 0.0750. The fourth-order valence-electron chi connectivity index (χ4n) is 2.67. The van der Waals surface area contributed by atoms with Crippen molar-refractivity contribution in [3.05, 3.63) is 29.3 Å². The van der Waals surface area contributed by atoms with Gasteiger partial charge in [-0.1, -0.05) is 13.0 Å². The van der Waals surface area contributed by atoms with Crippen molar-refractivity contribution in [3.63, 3.8) is 0 Å². The van der Waals surface area contributed by atoms with Crippen LogP contribution in [0.2, 0.25) is 0 Å². The smallest absolute Gasteiger partial charge is 0.123 e. The van der Waals surface area contributed by atoms with E-state index >= 15 is 0 Å². The van der Waals surface area contributed by atoms with Gasteiger partial charge >= 0.3 is 0 Å². The van der Waals surface area contributed by atoms with Crippen molar-refractivity contribution >= 4 is 0 Å². The maximum atomic E-state index is 5.97. The number of piperidine rings is 1. The van der Waals surface area contributed by atoms with Crippen LogP contribution in [0.25, 0.3) is 0 Å². The van der Waals surface area contributed by atoms with Gasteiger partial charge in [0.15, 0.2) is 0 Å². The second-order valence-corrected chi connectivity index (χ2v) is 5.82. The molecule has 1 atom stereocenters. The fourth-order valence-corrected chi connectivity index (χ4v) is 2.67. The first kappa shape index (κ1) is 14.4. The van der Waals surface area contributed by atoms with Crippen molar-refractivity contribution < 1.29 is 4.74 Å². The molecule has 3 heteroatoms. The van der Waals surface area contributed by atoms with Crippen molar-refractivity contribution in [1.82, 2.24) is 4.90 Å². The molecule has 0 saturated carbocycles. The van der Waals surface area contributed by atoms with Gasteiger partial charge in [0.05, 0.1) is 7.11 Å². The monoisotopic (exact) mass is 262 g/mol. The van der Waals surface area contributed by atoms with Gasteiger partial charge in [0.25, 0.3) is 0 Å². The Hall–Kier alpha value is -1.06. The van der Waals surface area contributed by atoms with Gasteiger partial charge in [0, 0.05) is 18.2 Å². The highest BCUT2D eigenvalue weighted by molar-refractivity contribution is 5.38. The summed E-state index contributed by atoms with van der Waals surface area (Å²) in [5.41, 5.74) is 8.41. The lowest BCUT2D eigenvalue weighted by atomic mass is 9.98. The molecule has 0 spiro atoms. The minimum Gasteiger partial charge on any atom is -0.496 e. The van der Waals surface area contributed by atoms with Crippen LogP contribution in [0.15, 0.2) is 18.2 Å². The number of rotatable bonds is 4. The first-order valence-corrected chi connectivity index (χ1v) is 7.25. The van der Waals surface area contributed by atoms with Crippen molar-refractivity contribution in [3.8, 4) is 5.75 Å². The number of ether oxygens (including phenoxy) is 1. The molecule has 2 N–H and O–H groups in total. The van der Waals surface area contributed by atoms with E-state index in [1.807, 2.05) is 13.0 Å². The second-order valence-electron chi connectivity index (χ2n) is 5.82. The third-order valence-electron chi connectivity index (χ3n) is 4.10. The summed E-state index contributed by atoms with van der Waals surface area (Å²) in [6, 6.07) is 6.37. The zero-order valence-corrected chi connectivity index (χ0v) is 12.4. The van der Waals surface area contributed by atoms with Crippen LogP contribution in [0.1, 0.15) is 43.9 Å². The highest BCUT2D eigenvalue weighted by atomic mass is 16.5. The van der Waals surface area contributed by atoms with Gasteiger partial charge in [-0.3, -0.25) is 4.90 Å². The van der Waals surface area contributed by atoms with E-state index in [-0.39, 0.29) is 6.04 Å². The summed E-state index contributed by atoms with van der Waals surface area (Å²) in [5, 5.41) is 0. The van der Waals surface area contributed by atoms with Gasteiger partial charge < -0.3 is 10.5 Å². The predicted molar refractivity (Wildman–Crippen MR) is 79.3 cm³/mol. The van der Waals surface area contributed by atoms with Crippen LogP contribution in [0.3, 0.4) is 0 Å². The van der Waals surface area contributed by atoms with Crippen LogP contribution < -0.4 is 10.5 Å². The van der Waals surface area contributed by atoms with E-state index in [4.69, 9.17) is 10.5 Å². The molecule has 0 bridgehead atoms. The van der Waals surface area contributed by atoms with Gasteiger partial charge in [-0.05, 0) is 56.5 Å². The van der Waals surface area contributed by atoms with E-state index in [1.165, 1.54) is 37.1 Å². The second kappa shape index (κ2) is 6.40. The lowest BCUT2D eigenvalue weighted by Crippen LogP contribution is -2.32. The van der Waals surface area contributed by atoms with Gasteiger partial charge in [-0.2, -0.15) is 0 Å². The lowest BCUT2D eigenvalue weighted by molar-refractivity contribution is 0.183. The summed E-state index contributed by atoms with van der Waals surface area (Å²) in [4.78, 5) is 2.52. The molecule has 19 heavy (non-hydrogen) atoms. The SMILES string of the molecule is COc1ccc(C(C)N)cc1CN1CCC(C)CC1. The zero-order valence-electron chi connectivity index (χ0n) is 12.4. The third-order valence-corrected chi connectivity index (χ3v) is 4.10. The molecular formula is C16H26N2O. The normalized spacial score (nSPS) is 19.4. The summed E-state index contributed by atoms with van der Waals surface area (Å²) in [5.74, 6) is 1.84. The largest absolute Gasteiger partial charge is 0.496 e. The fraction of sp³-hybridized carbons (Fsp3) is 0.625. The molecule has 0 aliphatic carbocycles. The summed E-state index contributed by atoms with van der Waals surface area (Å²) >= 11 is 0. The number of likely N-dealkylation sites (tertiary alicyclic amines) is 1. The van der Waals surface area contributed by atoms with E-state index in [1.54, 1.807) is 7.11 Å². The van der Waals surface area contributed by atoms with Gasteiger partial charge in [0.2, 0.25) is 0 Å². The Bertz CT molecular complexity index is 409. The Morgan fingerprint density at radius 1 is 1.37 bits per heavy atom. The summed E-state index contributed by atoms with van der Waals surface area (Å²) in [6.07, 6.45) is 2.60. The van der Waals surface area contributed by atoms with Crippen molar-refractivity contribution in [2.45, 2.75) is 39.3 Å². The molecule has 106 valence electrons. The highest BCUT2D eigenvalue weighted by Crippen LogP contribution is 2.26. The van der Waals surface area contributed by atoms with Crippen molar-refractivity contribution in [1.29, 1.82) is 0 Å². The van der Waals surface area contributed by atoms with Gasteiger partial charge in [-0.15, -0.1) is 0 Å². The van der Waals surface area contributed by atoms with Gasteiger partial charge in [-0.25, -0.2) is 0 Å². The average molecular weight is 262 g/mol. The number of benzene rings is 1. The maximum Gasteiger partial charge on any atom is 0.123 e. The average Bonchev–Trinajstić information content (AvgIpc) is 2.41. The van der Waals surface area contributed by atoms with Crippen LogP contribution in [0.4, 0.5) is 0 Å². The van der Waals surface area contributed by atoms with Crippen LogP contribution in [-0.4, -0.2) is 25.1 Å². The molecule has 2 rings (SSSR count). The summed E-state index contributed by atoms with van der Waals surface area (Å²) < 4.78 is 5.48. The quantitative estimate of drug-likeness (QED) is 0.906. The topological polar surface area (TPSA) is 38.5 Å². The molecule has 3 nitrogen and oxygen atoms in total. The number of hydrogen-bond acceptors (Lipinski definition) is 3. The van der Waals surface area contributed by atoms with E-state index in [9.17, 15) is 0 Å². The molecular weight excluding hydrogens is 236 g/mol. The Labute approximate surface area is 116 Å². The molecule has 1 aliphatic rings. The van der Waals surface area contributed by atoms with Crippen LogP contribution in [0.5, 0.6) is 5.75 Å². The zero-order chi connectivity index (χ0) is 13.8. The molecule has 1 fully saturated rings. The standard InChI is InChI=1S/C16H26N2O/c1-12-6-8-18(9-7-12)11-15-10-14(13(2)17)4-5-16(15)19-3/h4-5,10,12-13H,6-9,11,17H2,1-3H3. The van der Waals surface area contributed by atoms with E-state index in [0.29, 0.717) is 0 Å². The number of hydrogen-bond donors (Lipinski definition) is 1. The molecule has 1 aliphatic heterocycles. The molecule has 0 amide bonds. The van der Waals surface area contributed by atoms with E-state index in [0.717, 1.165) is 18.2 Å². The first-order chi connectivity index (χ1) is 9.10. The minimum atomic E-state index is 0.0750. The Balaban J connectivity index is 2.11. The van der Waals surface area contributed by atoms with Gasteiger partial charge in [0.1, 0.15) is 5.75 Å². The first-order valence-electron chi connectivity index (χ1n) is 7.25. The van der Waals surface area contributed by atoms with Crippen LogP contribution in [-0.2, 0) is 6.54 Å². The van der Waals surface area contributed by atoms with Crippen LogP contribution in [0, 0.1) is 5.92 Å². The maximum absolute atomic E-state index is 5.97. The van der Waals surface area contributed by atoms with Crippen molar-refractivity contribution in [2.24, 2.45) is 11.7 Å². The summed E-state index contributed by atoms with van der Waals surface area (Å²) in [7, 11) is 1.74. The molecule has 1 aromatic carbocycles.